The van der Waals surface area contributed by atoms with Gasteiger partial charge in [-0.2, -0.15) is 0 Å². The summed E-state index contributed by atoms with van der Waals surface area (Å²) < 4.78 is 0. The summed E-state index contributed by atoms with van der Waals surface area (Å²) in [4.78, 5) is 14.4. The molecule has 0 radical (unpaired) electrons. The molecule has 4 heteroatoms. The van der Waals surface area contributed by atoms with E-state index in [-0.39, 0.29) is 6.03 Å². The third-order valence-electron chi connectivity index (χ3n) is 5.15. The van der Waals surface area contributed by atoms with Crippen LogP contribution in [0.3, 0.4) is 0 Å². The number of rotatable bonds is 2. The Kier molecular flexibility index (Phi) is 3.57. The number of nitrogens with one attached hydrogen (secondary N) is 2. The van der Waals surface area contributed by atoms with E-state index >= 15 is 0 Å². The zero-order valence-electron chi connectivity index (χ0n) is 13.3. The summed E-state index contributed by atoms with van der Waals surface area (Å²) in [5.41, 5.74) is 5.61. The van der Waals surface area contributed by atoms with E-state index in [0.29, 0.717) is 12.1 Å². The van der Waals surface area contributed by atoms with Crippen molar-refractivity contribution < 1.29 is 4.79 Å². The predicted octanol–water partition coefficient (Wildman–Crippen LogP) is 2.65. The minimum Gasteiger partial charge on any atom is -0.335 e. The van der Waals surface area contributed by atoms with Gasteiger partial charge >= 0.3 is 6.03 Å². The Morgan fingerprint density at radius 1 is 1.32 bits per heavy atom. The molecule has 0 bridgehead atoms. The van der Waals surface area contributed by atoms with E-state index in [0.717, 1.165) is 38.9 Å². The maximum absolute atomic E-state index is 12.4. The fourth-order valence-electron chi connectivity index (χ4n) is 3.79. The summed E-state index contributed by atoms with van der Waals surface area (Å²) in [6.07, 6.45) is 5.73. The Morgan fingerprint density at radius 3 is 2.91 bits per heavy atom. The third-order valence-corrected chi connectivity index (χ3v) is 5.15. The number of hydrogen-bond acceptors (Lipinski definition) is 2. The standard InChI is InChI=1S/C18H25N3O/c1-12-9-13-6-8-21(18(22)20-14-4-5-14)11-16(13)15(10-12)17-3-2-7-19-17/h9-10,14,17,19H,2-8,11H2,1H3,(H,20,22)/t17-/m0/s1. The number of amides is 2. The van der Waals surface area contributed by atoms with Crippen molar-refractivity contribution in [3.8, 4) is 0 Å². The Hall–Kier alpha value is -1.55. The largest absolute Gasteiger partial charge is 0.335 e. The second kappa shape index (κ2) is 5.58. The number of carbonyl (C=O) groups is 1. The van der Waals surface area contributed by atoms with E-state index < -0.39 is 0 Å². The molecule has 0 unspecified atom stereocenters. The van der Waals surface area contributed by atoms with E-state index in [1.165, 1.54) is 35.1 Å². The first-order valence-corrected chi connectivity index (χ1v) is 8.62. The lowest BCUT2D eigenvalue weighted by molar-refractivity contribution is 0.191. The molecule has 4 rings (SSSR count). The highest BCUT2D eigenvalue weighted by Gasteiger charge is 2.30. The quantitative estimate of drug-likeness (QED) is 0.882. The van der Waals surface area contributed by atoms with Gasteiger partial charge in [0.1, 0.15) is 0 Å². The summed E-state index contributed by atoms with van der Waals surface area (Å²) in [7, 11) is 0. The minimum absolute atomic E-state index is 0.124. The van der Waals surface area contributed by atoms with Gasteiger partial charge in [0.05, 0.1) is 0 Å². The van der Waals surface area contributed by atoms with Gasteiger partial charge in [0.15, 0.2) is 0 Å². The van der Waals surface area contributed by atoms with Crippen molar-refractivity contribution in [3.05, 3.63) is 34.4 Å². The number of fused-ring (bicyclic) bond motifs is 1. The topological polar surface area (TPSA) is 44.4 Å². The number of hydrogen-bond donors (Lipinski definition) is 2. The highest BCUT2D eigenvalue weighted by Crippen LogP contribution is 2.32. The normalized spacial score (nSPS) is 24.2. The molecule has 2 fully saturated rings. The van der Waals surface area contributed by atoms with E-state index in [9.17, 15) is 4.79 Å². The second-order valence-electron chi connectivity index (χ2n) is 7.04. The fraction of sp³-hybridized carbons (Fsp3) is 0.611. The van der Waals surface area contributed by atoms with Gasteiger partial charge < -0.3 is 15.5 Å². The molecule has 2 amide bonds. The lowest BCUT2D eigenvalue weighted by Gasteiger charge is -2.32. The van der Waals surface area contributed by atoms with Gasteiger partial charge in [-0.3, -0.25) is 0 Å². The maximum Gasteiger partial charge on any atom is 0.317 e. The predicted molar refractivity (Wildman–Crippen MR) is 86.8 cm³/mol. The van der Waals surface area contributed by atoms with Crippen LogP contribution < -0.4 is 10.6 Å². The number of benzene rings is 1. The highest BCUT2D eigenvalue weighted by molar-refractivity contribution is 5.75. The van der Waals surface area contributed by atoms with Crippen molar-refractivity contribution in [1.82, 2.24) is 15.5 Å². The molecular weight excluding hydrogens is 274 g/mol. The first-order valence-electron chi connectivity index (χ1n) is 8.62. The molecule has 1 saturated heterocycles. The molecule has 2 aliphatic heterocycles. The highest BCUT2D eigenvalue weighted by atomic mass is 16.2. The van der Waals surface area contributed by atoms with Crippen LogP contribution in [0.2, 0.25) is 0 Å². The third kappa shape index (κ3) is 2.72. The molecule has 0 spiro atoms. The van der Waals surface area contributed by atoms with Gasteiger partial charge in [0.2, 0.25) is 0 Å². The van der Waals surface area contributed by atoms with E-state index in [4.69, 9.17) is 0 Å². The Balaban J connectivity index is 1.59. The van der Waals surface area contributed by atoms with Crippen LogP contribution in [0.5, 0.6) is 0 Å². The number of nitrogens with zero attached hydrogens (tertiary/aromatic N) is 1. The van der Waals surface area contributed by atoms with Crippen LogP contribution in [0.4, 0.5) is 4.79 Å². The van der Waals surface area contributed by atoms with Crippen molar-refractivity contribution in [2.45, 2.75) is 57.7 Å². The minimum atomic E-state index is 0.124. The van der Waals surface area contributed by atoms with Crippen LogP contribution >= 0.6 is 0 Å². The monoisotopic (exact) mass is 299 g/mol. The molecule has 1 aliphatic carbocycles. The molecule has 2 heterocycles. The number of carbonyl (C=O) groups excluding carboxylic acids is 1. The molecule has 1 atom stereocenters. The van der Waals surface area contributed by atoms with Crippen molar-refractivity contribution >= 4 is 6.03 Å². The zero-order chi connectivity index (χ0) is 15.1. The molecule has 1 aromatic carbocycles. The summed E-state index contributed by atoms with van der Waals surface area (Å²) >= 11 is 0. The lowest BCUT2D eigenvalue weighted by atomic mass is 9.89. The molecule has 3 aliphatic rings. The van der Waals surface area contributed by atoms with Gasteiger partial charge in [-0.1, -0.05) is 17.7 Å². The smallest absolute Gasteiger partial charge is 0.317 e. The Morgan fingerprint density at radius 2 is 2.18 bits per heavy atom. The van der Waals surface area contributed by atoms with E-state index in [2.05, 4.69) is 29.7 Å². The molecular formula is C18H25N3O. The SMILES string of the molecule is Cc1cc2c(c([C@@H]3CCCN3)c1)CN(C(=O)NC1CC1)CC2. The summed E-state index contributed by atoms with van der Waals surface area (Å²) in [6.45, 7) is 4.90. The van der Waals surface area contributed by atoms with Crippen molar-refractivity contribution in [2.24, 2.45) is 0 Å². The first-order chi connectivity index (χ1) is 10.7. The van der Waals surface area contributed by atoms with Crippen LogP contribution in [0.25, 0.3) is 0 Å². The van der Waals surface area contributed by atoms with Crippen LogP contribution in [-0.2, 0) is 13.0 Å². The molecule has 1 aromatic rings. The molecule has 22 heavy (non-hydrogen) atoms. The van der Waals surface area contributed by atoms with Gasteiger partial charge in [-0.15, -0.1) is 0 Å². The zero-order valence-corrected chi connectivity index (χ0v) is 13.3. The van der Waals surface area contributed by atoms with Gasteiger partial charge in [0.25, 0.3) is 0 Å². The fourth-order valence-corrected chi connectivity index (χ4v) is 3.79. The van der Waals surface area contributed by atoms with Gasteiger partial charge in [-0.05, 0) is 62.3 Å². The molecule has 4 nitrogen and oxygen atoms in total. The molecule has 0 aromatic heterocycles. The van der Waals surface area contributed by atoms with Crippen LogP contribution in [0.1, 0.15) is 54.0 Å². The first kappa shape index (κ1) is 14.1. The number of urea groups is 1. The number of aryl methyl sites for hydroxylation is 1. The summed E-state index contributed by atoms with van der Waals surface area (Å²) in [5.74, 6) is 0. The summed E-state index contributed by atoms with van der Waals surface area (Å²) in [5, 5.41) is 6.74. The Bertz CT molecular complexity index is 588. The van der Waals surface area contributed by atoms with Crippen molar-refractivity contribution in [2.75, 3.05) is 13.1 Å². The molecule has 118 valence electrons. The van der Waals surface area contributed by atoms with Crippen LogP contribution in [-0.4, -0.2) is 30.1 Å². The average Bonchev–Trinajstić information content (AvgIpc) is 3.15. The second-order valence-corrected chi connectivity index (χ2v) is 7.04. The summed E-state index contributed by atoms with van der Waals surface area (Å²) in [6, 6.07) is 5.66. The lowest BCUT2D eigenvalue weighted by Crippen LogP contribution is -2.44. The average molecular weight is 299 g/mol. The Labute approximate surface area is 132 Å². The van der Waals surface area contributed by atoms with Gasteiger partial charge in [0, 0.05) is 25.2 Å². The van der Waals surface area contributed by atoms with Crippen molar-refractivity contribution in [3.63, 3.8) is 0 Å². The van der Waals surface area contributed by atoms with Crippen molar-refractivity contribution in [1.29, 1.82) is 0 Å². The molecule has 2 N–H and O–H groups in total. The van der Waals surface area contributed by atoms with Crippen LogP contribution in [0, 0.1) is 6.92 Å². The molecule has 1 saturated carbocycles. The van der Waals surface area contributed by atoms with E-state index in [1.54, 1.807) is 0 Å². The van der Waals surface area contributed by atoms with Gasteiger partial charge in [-0.25, -0.2) is 4.79 Å². The van der Waals surface area contributed by atoms with Crippen LogP contribution in [0.15, 0.2) is 12.1 Å². The maximum atomic E-state index is 12.4. The van der Waals surface area contributed by atoms with E-state index in [1.807, 2.05) is 4.90 Å².